The molecule has 0 bridgehead atoms. The third-order valence-electron chi connectivity index (χ3n) is 2.71. The van der Waals surface area contributed by atoms with Gasteiger partial charge in [-0.3, -0.25) is 4.90 Å². The van der Waals surface area contributed by atoms with E-state index in [4.69, 9.17) is 4.42 Å². The number of furan rings is 1. The first-order chi connectivity index (χ1) is 8.79. The molecule has 0 radical (unpaired) electrons. The molecule has 1 N–H and O–H groups in total. The predicted octanol–water partition coefficient (Wildman–Crippen LogP) is 2.74. The first kappa shape index (κ1) is 12.6. The molecule has 0 fully saturated rings. The molecule has 4 nitrogen and oxygen atoms in total. The highest BCUT2D eigenvalue weighted by Crippen LogP contribution is 2.14. The van der Waals surface area contributed by atoms with Gasteiger partial charge in [0, 0.05) is 37.0 Å². The number of nitrogens with one attached hydrogen (secondary N) is 1. The fourth-order valence-electron chi connectivity index (χ4n) is 1.93. The summed E-state index contributed by atoms with van der Waals surface area (Å²) in [7, 11) is 2.09. The van der Waals surface area contributed by atoms with Crippen LogP contribution in [-0.4, -0.2) is 23.5 Å². The largest absolute Gasteiger partial charge is 0.472 e. The topological polar surface area (TPSA) is 41.3 Å². The molecule has 2 aromatic heterocycles. The molecule has 2 rings (SSSR count). The summed E-state index contributed by atoms with van der Waals surface area (Å²) >= 11 is 0. The Hall–Kier alpha value is -1.81. The van der Waals surface area contributed by atoms with E-state index in [1.807, 2.05) is 18.3 Å². The molecule has 0 aliphatic heterocycles. The van der Waals surface area contributed by atoms with Crippen molar-refractivity contribution in [2.75, 3.05) is 18.9 Å². The van der Waals surface area contributed by atoms with Crippen LogP contribution in [0.2, 0.25) is 0 Å². The van der Waals surface area contributed by atoms with Crippen molar-refractivity contribution >= 4 is 5.82 Å². The summed E-state index contributed by atoms with van der Waals surface area (Å²) in [4.78, 5) is 6.60. The van der Waals surface area contributed by atoms with Crippen LogP contribution in [0.4, 0.5) is 5.82 Å². The zero-order valence-corrected chi connectivity index (χ0v) is 10.9. The number of rotatable bonds is 6. The van der Waals surface area contributed by atoms with Crippen LogP contribution >= 0.6 is 0 Å². The molecule has 2 aromatic rings. The van der Waals surface area contributed by atoms with Gasteiger partial charge in [0.05, 0.1) is 12.5 Å². The molecule has 0 atom stereocenters. The third-order valence-corrected chi connectivity index (χ3v) is 2.71. The summed E-state index contributed by atoms with van der Waals surface area (Å²) in [6.45, 7) is 4.70. The molecule has 0 aliphatic rings. The Labute approximate surface area is 108 Å². The van der Waals surface area contributed by atoms with Crippen LogP contribution in [0.25, 0.3) is 0 Å². The van der Waals surface area contributed by atoms with Crippen LogP contribution in [0.5, 0.6) is 0 Å². The Balaban J connectivity index is 2.00. The normalized spacial score (nSPS) is 10.8. The predicted molar refractivity (Wildman–Crippen MR) is 72.3 cm³/mol. The first-order valence-corrected chi connectivity index (χ1v) is 6.17. The second-order valence-electron chi connectivity index (χ2n) is 4.35. The minimum Gasteiger partial charge on any atom is -0.472 e. The molecule has 4 heteroatoms. The van der Waals surface area contributed by atoms with E-state index in [2.05, 4.69) is 35.2 Å². The van der Waals surface area contributed by atoms with Gasteiger partial charge in [0.15, 0.2) is 0 Å². The molecule has 96 valence electrons. The van der Waals surface area contributed by atoms with Gasteiger partial charge in [-0.2, -0.15) is 0 Å². The quantitative estimate of drug-likeness (QED) is 0.849. The average molecular weight is 245 g/mol. The molecule has 0 saturated carbocycles. The second-order valence-corrected chi connectivity index (χ2v) is 4.35. The van der Waals surface area contributed by atoms with Crippen LogP contribution < -0.4 is 5.32 Å². The monoisotopic (exact) mass is 245 g/mol. The fourth-order valence-corrected chi connectivity index (χ4v) is 1.93. The zero-order valence-electron chi connectivity index (χ0n) is 10.9. The van der Waals surface area contributed by atoms with Crippen molar-refractivity contribution in [3.63, 3.8) is 0 Å². The van der Waals surface area contributed by atoms with E-state index in [9.17, 15) is 0 Å². The van der Waals surface area contributed by atoms with Gasteiger partial charge in [0.25, 0.3) is 0 Å². The molecule has 18 heavy (non-hydrogen) atoms. The van der Waals surface area contributed by atoms with Crippen molar-refractivity contribution in [3.8, 4) is 0 Å². The van der Waals surface area contributed by atoms with Crippen molar-refractivity contribution in [1.29, 1.82) is 0 Å². The van der Waals surface area contributed by atoms with Crippen LogP contribution in [-0.2, 0) is 13.1 Å². The Kier molecular flexibility index (Phi) is 4.36. The Morgan fingerprint density at radius 1 is 1.33 bits per heavy atom. The lowest BCUT2D eigenvalue weighted by Gasteiger charge is -2.17. The lowest BCUT2D eigenvalue weighted by Crippen LogP contribution is -2.18. The first-order valence-electron chi connectivity index (χ1n) is 6.17. The van der Waals surface area contributed by atoms with Gasteiger partial charge in [0.1, 0.15) is 5.82 Å². The van der Waals surface area contributed by atoms with Crippen LogP contribution in [0.3, 0.4) is 0 Å². The molecule has 0 aromatic carbocycles. The standard InChI is InChI=1S/C14H19N3O/c1-3-15-14-13(5-4-7-16-14)10-17(2)9-12-6-8-18-11-12/h4-8,11H,3,9-10H2,1-2H3,(H,15,16). The van der Waals surface area contributed by atoms with Crippen molar-refractivity contribution in [1.82, 2.24) is 9.88 Å². The summed E-state index contributed by atoms with van der Waals surface area (Å²) in [6, 6.07) is 6.07. The van der Waals surface area contributed by atoms with Crippen LogP contribution in [0.15, 0.2) is 41.3 Å². The van der Waals surface area contributed by atoms with Gasteiger partial charge >= 0.3 is 0 Å². The maximum atomic E-state index is 5.08. The molecule has 0 aliphatic carbocycles. The van der Waals surface area contributed by atoms with Crippen LogP contribution in [0.1, 0.15) is 18.1 Å². The fraction of sp³-hybridized carbons (Fsp3) is 0.357. The van der Waals surface area contributed by atoms with E-state index in [0.29, 0.717) is 0 Å². The Morgan fingerprint density at radius 2 is 2.22 bits per heavy atom. The second kappa shape index (κ2) is 6.21. The van der Waals surface area contributed by atoms with E-state index >= 15 is 0 Å². The van der Waals surface area contributed by atoms with E-state index in [0.717, 1.165) is 25.5 Å². The van der Waals surface area contributed by atoms with Gasteiger partial charge in [-0.05, 0) is 26.1 Å². The minimum atomic E-state index is 0.862. The molecule has 0 spiro atoms. The highest BCUT2D eigenvalue weighted by molar-refractivity contribution is 5.43. The van der Waals surface area contributed by atoms with Gasteiger partial charge < -0.3 is 9.73 Å². The number of hydrogen-bond acceptors (Lipinski definition) is 4. The Morgan fingerprint density at radius 3 is 2.94 bits per heavy atom. The lowest BCUT2D eigenvalue weighted by molar-refractivity contribution is 0.318. The molecular weight excluding hydrogens is 226 g/mol. The van der Waals surface area contributed by atoms with E-state index in [1.165, 1.54) is 11.1 Å². The van der Waals surface area contributed by atoms with Gasteiger partial charge in [0.2, 0.25) is 0 Å². The number of anilines is 1. The maximum Gasteiger partial charge on any atom is 0.130 e. The van der Waals surface area contributed by atoms with E-state index in [1.54, 1.807) is 12.5 Å². The molecule has 0 saturated heterocycles. The van der Waals surface area contributed by atoms with Crippen molar-refractivity contribution < 1.29 is 4.42 Å². The third kappa shape index (κ3) is 3.34. The van der Waals surface area contributed by atoms with Crippen molar-refractivity contribution in [2.24, 2.45) is 0 Å². The number of hydrogen-bond donors (Lipinski definition) is 1. The SMILES string of the molecule is CCNc1ncccc1CN(C)Cc1ccoc1. The highest BCUT2D eigenvalue weighted by atomic mass is 16.3. The summed E-state index contributed by atoms with van der Waals surface area (Å²) in [5, 5.41) is 3.28. The molecule has 0 amide bonds. The number of pyridine rings is 1. The summed E-state index contributed by atoms with van der Waals surface area (Å²) in [5.74, 6) is 0.971. The molecular formula is C14H19N3O. The lowest BCUT2D eigenvalue weighted by atomic mass is 10.2. The molecule has 2 heterocycles. The maximum absolute atomic E-state index is 5.08. The van der Waals surface area contributed by atoms with Gasteiger partial charge in [-0.15, -0.1) is 0 Å². The summed E-state index contributed by atoms with van der Waals surface area (Å²) < 4.78 is 5.08. The molecule has 0 unspecified atom stereocenters. The number of aromatic nitrogens is 1. The van der Waals surface area contributed by atoms with Crippen molar-refractivity contribution in [3.05, 3.63) is 48.0 Å². The number of nitrogens with zero attached hydrogens (tertiary/aromatic N) is 2. The Bertz CT molecular complexity index is 468. The smallest absolute Gasteiger partial charge is 0.130 e. The zero-order chi connectivity index (χ0) is 12.8. The van der Waals surface area contributed by atoms with Crippen LogP contribution in [0, 0.1) is 0 Å². The summed E-state index contributed by atoms with van der Waals surface area (Å²) in [5.41, 5.74) is 2.40. The highest BCUT2D eigenvalue weighted by Gasteiger charge is 2.07. The van der Waals surface area contributed by atoms with E-state index < -0.39 is 0 Å². The van der Waals surface area contributed by atoms with E-state index in [-0.39, 0.29) is 0 Å². The van der Waals surface area contributed by atoms with Gasteiger partial charge in [-0.25, -0.2) is 4.98 Å². The van der Waals surface area contributed by atoms with Crippen molar-refractivity contribution in [2.45, 2.75) is 20.0 Å². The summed E-state index contributed by atoms with van der Waals surface area (Å²) in [6.07, 6.45) is 5.31. The van der Waals surface area contributed by atoms with Gasteiger partial charge in [-0.1, -0.05) is 6.07 Å². The average Bonchev–Trinajstić information content (AvgIpc) is 2.84. The minimum absolute atomic E-state index is 0.862.